The number of hydrogen-bond donors (Lipinski definition) is 2. The summed E-state index contributed by atoms with van der Waals surface area (Å²) in [5, 5.41) is 18.9. The highest BCUT2D eigenvalue weighted by molar-refractivity contribution is 7.09. The molecule has 0 aliphatic carbocycles. The average Bonchev–Trinajstić information content (AvgIpc) is 2.98. The van der Waals surface area contributed by atoms with Crippen molar-refractivity contribution in [1.29, 1.82) is 0 Å². The second-order valence-corrected chi connectivity index (χ2v) is 4.96. The molecule has 8 nitrogen and oxygen atoms in total. The number of amides is 1. The minimum absolute atomic E-state index is 0.141. The van der Waals surface area contributed by atoms with Gasteiger partial charge in [0.1, 0.15) is 17.0 Å². The van der Waals surface area contributed by atoms with Gasteiger partial charge in [-0.05, 0) is 6.92 Å². The van der Waals surface area contributed by atoms with Gasteiger partial charge in [0.05, 0.1) is 17.0 Å². The first-order chi connectivity index (χ1) is 10.1. The number of carbonyl (C=O) groups excluding carboxylic acids is 1. The van der Waals surface area contributed by atoms with Gasteiger partial charge in [0.15, 0.2) is 0 Å². The van der Waals surface area contributed by atoms with Gasteiger partial charge in [-0.15, -0.1) is 11.3 Å². The zero-order valence-corrected chi connectivity index (χ0v) is 12.0. The van der Waals surface area contributed by atoms with Crippen LogP contribution in [0.3, 0.4) is 0 Å². The van der Waals surface area contributed by atoms with E-state index in [-0.39, 0.29) is 17.8 Å². The summed E-state index contributed by atoms with van der Waals surface area (Å²) in [6, 6.07) is 1.21. The molecular formula is C12H13N5O3S. The topological polar surface area (TPSA) is 110 Å². The van der Waals surface area contributed by atoms with Crippen molar-refractivity contribution in [3.05, 3.63) is 44.5 Å². The minimum atomic E-state index is -0.583. The maximum absolute atomic E-state index is 12.2. The van der Waals surface area contributed by atoms with Gasteiger partial charge in [-0.2, -0.15) is 0 Å². The van der Waals surface area contributed by atoms with Crippen molar-refractivity contribution in [2.24, 2.45) is 0 Å². The third-order valence-corrected chi connectivity index (χ3v) is 3.34. The fraction of sp³-hybridized carbons (Fsp3) is 0.250. The number of nitrogens with one attached hydrogen (secondary N) is 2. The van der Waals surface area contributed by atoms with E-state index in [2.05, 4.69) is 20.6 Å². The maximum Gasteiger partial charge on any atom is 0.288 e. The summed E-state index contributed by atoms with van der Waals surface area (Å²) < 4.78 is 0. The van der Waals surface area contributed by atoms with Crippen LogP contribution in [-0.4, -0.2) is 27.3 Å². The SMILES string of the molecule is CCNc1ncc([N+](=O)[O-])cc1C(=O)NCc1nccs1. The van der Waals surface area contributed by atoms with Gasteiger partial charge in [0, 0.05) is 24.2 Å². The van der Waals surface area contributed by atoms with Crippen LogP contribution >= 0.6 is 11.3 Å². The van der Waals surface area contributed by atoms with Crippen LogP contribution in [0.15, 0.2) is 23.8 Å². The van der Waals surface area contributed by atoms with Gasteiger partial charge >= 0.3 is 0 Å². The Hall–Kier alpha value is -2.55. The summed E-state index contributed by atoms with van der Waals surface area (Å²) in [5.74, 6) is -0.114. The van der Waals surface area contributed by atoms with E-state index >= 15 is 0 Å². The van der Waals surface area contributed by atoms with Crippen molar-refractivity contribution in [3.8, 4) is 0 Å². The molecule has 0 saturated heterocycles. The summed E-state index contributed by atoms with van der Waals surface area (Å²) in [4.78, 5) is 30.4. The van der Waals surface area contributed by atoms with Crippen LogP contribution in [0.25, 0.3) is 0 Å². The van der Waals surface area contributed by atoms with Gasteiger partial charge in [-0.3, -0.25) is 14.9 Å². The van der Waals surface area contributed by atoms with Gasteiger partial charge in [0.2, 0.25) is 0 Å². The standard InChI is InChI=1S/C12H13N5O3S/c1-2-13-11-9(5-8(6-15-11)17(19)20)12(18)16-7-10-14-3-4-21-10/h3-6H,2,7H2,1H3,(H,13,15)(H,16,18). The lowest BCUT2D eigenvalue weighted by Gasteiger charge is -2.09. The monoisotopic (exact) mass is 307 g/mol. The zero-order valence-electron chi connectivity index (χ0n) is 11.2. The third kappa shape index (κ3) is 3.72. The van der Waals surface area contributed by atoms with Gasteiger partial charge < -0.3 is 10.6 Å². The molecule has 21 heavy (non-hydrogen) atoms. The molecule has 0 radical (unpaired) electrons. The van der Waals surface area contributed by atoms with Crippen molar-refractivity contribution in [3.63, 3.8) is 0 Å². The number of hydrogen-bond acceptors (Lipinski definition) is 7. The average molecular weight is 307 g/mol. The molecule has 110 valence electrons. The first-order valence-electron chi connectivity index (χ1n) is 6.16. The summed E-state index contributed by atoms with van der Waals surface area (Å²) in [6.07, 6.45) is 2.76. The highest BCUT2D eigenvalue weighted by Crippen LogP contribution is 2.19. The Bertz CT molecular complexity index is 644. The molecule has 2 heterocycles. The quantitative estimate of drug-likeness (QED) is 0.622. The molecule has 0 fully saturated rings. The van der Waals surface area contributed by atoms with Crippen molar-refractivity contribution >= 4 is 28.7 Å². The van der Waals surface area contributed by atoms with E-state index in [1.54, 1.807) is 11.6 Å². The molecule has 9 heteroatoms. The highest BCUT2D eigenvalue weighted by Gasteiger charge is 2.18. The molecule has 0 unspecified atom stereocenters. The van der Waals surface area contributed by atoms with Crippen LogP contribution in [0, 0.1) is 10.1 Å². The van der Waals surface area contributed by atoms with E-state index in [9.17, 15) is 14.9 Å². The molecule has 0 bridgehead atoms. The largest absolute Gasteiger partial charge is 0.370 e. The molecular weight excluding hydrogens is 294 g/mol. The van der Waals surface area contributed by atoms with Gasteiger partial charge in [0.25, 0.3) is 11.6 Å². The molecule has 0 spiro atoms. The maximum atomic E-state index is 12.2. The molecule has 0 saturated carbocycles. The van der Waals surface area contributed by atoms with Crippen LogP contribution in [0.5, 0.6) is 0 Å². The third-order valence-electron chi connectivity index (χ3n) is 2.56. The van der Waals surface area contributed by atoms with E-state index < -0.39 is 10.8 Å². The number of nitrogens with zero attached hydrogens (tertiary/aromatic N) is 3. The summed E-state index contributed by atoms with van der Waals surface area (Å²) in [5.41, 5.74) is -0.0846. The highest BCUT2D eigenvalue weighted by atomic mass is 32.1. The van der Waals surface area contributed by atoms with Crippen LogP contribution in [0.1, 0.15) is 22.3 Å². The summed E-state index contributed by atoms with van der Waals surface area (Å²) in [6.45, 7) is 2.67. The van der Waals surface area contributed by atoms with E-state index in [1.807, 2.05) is 6.92 Å². The molecule has 1 amide bonds. The number of aromatic nitrogens is 2. The van der Waals surface area contributed by atoms with Crippen LogP contribution in [0.2, 0.25) is 0 Å². The van der Waals surface area contributed by atoms with Crippen molar-refractivity contribution in [2.75, 3.05) is 11.9 Å². The molecule has 0 aromatic carbocycles. The van der Waals surface area contributed by atoms with Crippen LogP contribution in [-0.2, 0) is 6.54 Å². The first kappa shape index (κ1) is 14.9. The Balaban J connectivity index is 2.20. The number of nitro groups is 1. The normalized spacial score (nSPS) is 10.1. The fourth-order valence-electron chi connectivity index (χ4n) is 1.63. The lowest BCUT2D eigenvalue weighted by Crippen LogP contribution is -2.24. The Morgan fingerprint density at radius 2 is 2.29 bits per heavy atom. The molecule has 0 aliphatic rings. The molecule has 0 atom stereocenters. The Labute approximate surface area is 124 Å². The number of rotatable bonds is 6. The predicted octanol–water partition coefficient (Wildman–Crippen LogP) is 1.81. The number of pyridine rings is 1. The van der Waals surface area contributed by atoms with Crippen LogP contribution in [0.4, 0.5) is 11.5 Å². The summed E-state index contributed by atoms with van der Waals surface area (Å²) >= 11 is 1.42. The molecule has 2 rings (SSSR count). The van der Waals surface area contributed by atoms with E-state index in [1.165, 1.54) is 17.4 Å². The Morgan fingerprint density at radius 3 is 2.90 bits per heavy atom. The number of carbonyl (C=O) groups is 1. The smallest absolute Gasteiger partial charge is 0.288 e. The lowest BCUT2D eigenvalue weighted by molar-refractivity contribution is -0.385. The first-order valence-corrected chi connectivity index (χ1v) is 7.04. The van der Waals surface area contributed by atoms with Crippen LogP contribution < -0.4 is 10.6 Å². The molecule has 2 aromatic rings. The number of thiazole rings is 1. The Kier molecular flexibility index (Phi) is 4.77. The number of anilines is 1. The molecule has 2 N–H and O–H groups in total. The predicted molar refractivity (Wildman–Crippen MR) is 78.3 cm³/mol. The summed E-state index contributed by atoms with van der Waals surface area (Å²) in [7, 11) is 0. The lowest BCUT2D eigenvalue weighted by atomic mass is 10.2. The molecule has 0 aliphatic heterocycles. The Morgan fingerprint density at radius 1 is 1.48 bits per heavy atom. The second-order valence-electron chi connectivity index (χ2n) is 3.99. The minimum Gasteiger partial charge on any atom is -0.370 e. The van der Waals surface area contributed by atoms with Gasteiger partial charge in [-0.25, -0.2) is 9.97 Å². The fourth-order valence-corrected chi connectivity index (χ4v) is 2.18. The van der Waals surface area contributed by atoms with Crippen molar-refractivity contribution in [1.82, 2.24) is 15.3 Å². The molecule has 2 aromatic heterocycles. The van der Waals surface area contributed by atoms with E-state index in [0.29, 0.717) is 12.4 Å². The zero-order chi connectivity index (χ0) is 15.2. The van der Waals surface area contributed by atoms with E-state index in [4.69, 9.17) is 0 Å². The van der Waals surface area contributed by atoms with Crippen molar-refractivity contribution < 1.29 is 9.72 Å². The second kappa shape index (κ2) is 6.75. The van der Waals surface area contributed by atoms with E-state index in [0.717, 1.165) is 11.2 Å². The van der Waals surface area contributed by atoms with Crippen molar-refractivity contribution in [2.45, 2.75) is 13.5 Å². The van der Waals surface area contributed by atoms with Gasteiger partial charge in [-0.1, -0.05) is 0 Å².